The van der Waals surface area contributed by atoms with E-state index in [1.807, 2.05) is 91.1 Å². The molecule has 0 saturated carbocycles. The Labute approximate surface area is 239 Å². The number of benzene rings is 3. The third kappa shape index (κ3) is 5.88. The monoisotopic (exact) mass is 550 g/mol. The Bertz CT molecular complexity index is 1520. The molecule has 3 amide bonds. The van der Waals surface area contributed by atoms with Crippen LogP contribution in [0.2, 0.25) is 0 Å². The number of fused-ring (bicyclic) bond motifs is 2. The van der Waals surface area contributed by atoms with Gasteiger partial charge in [0.1, 0.15) is 12.1 Å². The zero-order valence-corrected chi connectivity index (χ0v) is 22.8. The van der Waals surface area contributed by atoms with Crippen LogP contribution in [0.1, 0.15) is 36.0 Å². The second-order valence-corrected chi connectivity index (χ2v) is 10.8. The Balaban J connectivity index is 1.18. The molecular formula is C33H34N4O4. The van der Waals surface area contributed by atoms with Gasteiger partial charge in [0.25, 0.3) is 0 Å². The molecule has 1 aromatic heterocycles. The highest BCUT2D eigenvalue weighted by Gasteiger charge is 2.51. The number of carbonyl (C=O) groups is 3. The van der Waals surface area contributed by atoms with Crippen molar-refractivity contribution in [2.24, 2.45) is 0 Å². The molecule has 0 radical (unpaired) electrons. The SMILES string of the molecule is O=C(Cc1c[nH]c2ccccc12)N[C@H]1C[C@@H](OCc2ccccc2)[C@H]2CC[C@@H](C(=O)NCc3ccccc3)N2C1=O. The number of hydrogen-bond acceptors (Lipinski definition) is 4. The van der Waals surface area contributed by atoms with Crippen LogP contribution in [0.15, 0.2) is 91.1 Å². The minimum atomic E-state index is -0.771. The molecule has 3 heterocycles. The third-order valence-electron chi connectivity index (χ3n) is 8.16. The van der Waals surface area contributed by atoms with Crippen LogP contribution in [0.5, 0.6) is 0 Å². The predicted octanol–water partition coefficient (Wildman–Crippen LogP) is 3.86. The maximum Gasteiger partial charge on any atom is 0.246 e. The van der Waals surface area contributed by atoms with E-state index in [0.717, 1.165) is 27.6 Å². The summed E-state index contributed by atoms with van der Waals surface area (Å²) in [6.07, 6.45) is 3.27. The lowest BCUT2D eigenvalue weighted by molar-refractivity contribution is -0.154. The second-order valence-electron chi connectivity index (χ2n) is 10.8. The zero-order valence-electron chi connectivity index (χ0n) is 22.8. The van der Waals surface area contributed by atoms with E-state index in [9.17, 15) is 14.4 Å². The van der Waals surface area contributed by atoms with Gasteiger partial charge in [-0.25, -0.2) is 0 Å². The van der Waals surface area contributed by atoms with Gasteiger partial charge in [-0.2, -0.15) is 0 Å². The van der Waals surface area contributed by atoms with Crippen LogP contribution in [0.4, 0.5) is 0 Å². The van der Waals surface area contributed by atoms with E-state index in [2.05, 4.69) is 15.6 Å². The first-order chi connectivity index (χ1) is 20.1. The van der Waals surface area contributed by atoms with Gasteiger partial charge in [0.05, 0.1) is 25.2 Å². The van der Waals surface area contributed by atoms with Gasteiger partial charge in [-0.3, -0.25) is 14.4 Å². The van der Waals surface area contributed by atoms with Gasteiger partial charge >= 0.3 is 0 Å². The number of rotatable bonds is 9. The second kappa shape index (κ2) is 12.0. The Hall–Kier alpha value is -4.43. The predicted molar refractivity (Wildman–Crippen MR) is 156 cm³/mol. The number of aromatic nitrogens is 1. The summed E-state index contributed by atoms with van der Waals surface area (Å²) in [5.74, 6) is -0.644. The normalized spacial score (nSPS) is 22.0. The van der Waals surface area contributed by atoms with Crippen LogP contribution in [0.25, 0.3) is 10.9 Å². The van der Waals surface area contributed by atoms with Crippen molar-refractivity contribution in [3.8, 4) is 0 Å². The van der Waals surface area contributed by atoms with E-state index in [-0.39, 0.29) is 36.3 Å². The highest BCUT2D eigenvalue weighted by atomic mass is 16.5. The minimum absolute atomic E-state index is 0.147. The molecule has 8 nitrogen and oxygen atoms in total. The first kappa shape index (κ1) is 26.8. The standard InChI is InChI=1S/C33H34N4O4/c38-31(17-24-20-34-26-14-8-7-13-25(24)26)36-27-18-30(41-21-23-11-5-2-6-12-23)28-15-16-29(37(28)33(27)40)32(39)35-19-22-9-3-1-4-10-22/h1-14,20,27-30,34H,15-19,21H2,(H,35,39)(H,36,38)/t27-,28+,29-,30+/m0/s1. The lowest BCUT2D eigenvalue weighted by Gasteiger charge is -2.42. The fraction of sp³-hybridized carbons (Fsp3) is 0.303. The van der Waals surface area contributed by atoms with Gasteiger partial charge in [-0.05, 0) is 35.6 Å². The van der Waals surface area contributed by atoms with E-state index in [0.29, 0.717) is 32.4 Å². The smallest absolute Gasteiger partial charge is 0.246 e. The number of para-hydroxylation sites is 1. The summed E-state index contributed by atoms with van der Waals surface area (Å²) in [7, 11) is 0. The highest BCUT2D eigenvalue weighted by molar-refractivity contribution is 5.95. The zero-order chi connectivity index (χ0) is 28.2. The van der Waals surface area contributed by atoms with Crippen LogP contribution >= 0.6 is 0 Å². The summed E-state index contributed by atoms with van der Waals surface area (Å²) in [6.45, 7) is 0.784. The maximum absolute atomic E-state index is 13.8. The first-order valence-corrected chi connectivity index (χ1v) is 14.2. The van der Waals surface area contributed by atoms with E-state index in [1.165, 1.54) is 0 Å². The molecule has 2 fully saturated rings. The average Bonchev–Trinajstić information content (AvgIpc) is 3.63. The number of ether oxygens (including phenoxy) is 1. The molecule has 0 spiro atoms. The molecule has 3 aromatic carbocycles. The number of aromatic amines is 1. The summed E-state index contributed by atoms with van der Waals surface area (Å²) in [4.78, 5) is 45.2. The summed E-state index contributed by atoms with van der Waals surface area (Å²) >= 11 is 0. The van der Waals surface area contributed by atoms with Gasteiger partial charge in [0.15, 0.2) is 0 Å². The first-order valence-electron chi connectivity index (χ1n) is 14.2. The topological polar surface area (TPSA) is 104 Å². The largest absolute Gasteiger partial charge is 0.371 e. The quantitative estimate of drug-likeness (QED) is 0.295. The van der Waals surface area contributed by atoms with Crippen molar-refractivity contribution in [1.29, 1.82) is 0 Å². The Morgan fingerprint density at radius 3 is 2.39 bits per heavy atom. The molecule has 8 heteroatoms. The van der Waals surface area contributed by atoms with Gasteiger partial charge in [-0.15, -0.1) is 0 Å². The van der Waals surface area contributed by atoms with Crippen molar-refractivity contribution in [2.75, 3.05) is 0 Å². The lowest BCUT2D eigenvalue weighted by Crippen LogP contribution is -2.63. The van der Waals surface area contributed by atoms with E-state index in [1.54, 1.807) is 4.90 Å². The van der Waals surface area contributed by atoms with Crippen LogP contribution in [0.3, 0.4) is 0 Å². The molecule has 210 valence electrons. The molecule has 0 unspecified atom stereocenters. The molecule has 4 aromatic rings. The molecule has 2 aliphatic heterocycles. The number of nitrogens with zero attached hydrogens (tertiary/aromatic N) is 1. The minimum Gasteiger partial charge on any atom is -0.371 e. The van der Waals surface area contributed by atoms with Gasteiger partial charge in [-0.1, -0.05) is 78.9 Å². The van der Waals surface area contributed by atoms with Gasteiger partial charge < -0.3 is 25.3 Å². The summed E-state index contributed by atoms with van der Waals surface area (Å²) in [6, 6.07) is 25.8. The maximum atomic E-state index is 13.8. The van der Waals surface area contributed by atoms with Crippen LogP contribution in [-0.4, -0.2) is 51.8 Å². The van der Waals surface area contributed by atoms with Gasteiger partial charge in [0, 0.05) is 30.1 Å². The number of H-pyrrole nitrogens is 1. The van der Waals surface area contributed by atoms with Crippen molar-refractivity contribution in [1.82, 2.24) is 20.5 Å². The number of piperidine rings is 1. The molecule has 2 saturated heterocycles. The van der Waals surface area contributed by atoms with Crippen LogP contribution in [0, 0.1) is 0 Å². The lowest BCUT2D eigenvalue weighted by atomic mass is 9.94. The Morgan fingerprint density at radius 1 is 0.902 bits per heavy atom. The number of carbonyl (C=O) groups excluding carboxylic acids is 3. The fourth-order valence-electron chi connectivity index (χ4n) is 6.12. The van der Waals surface area contributed by atoms with Crippen molar-refractivity contribution in [3.63, 3.8) is 0 Å². The Kier molecular flexibility index (Phi) is 7.82. The molecule has 3 N–H and O–H groups in total. The highest BCUT2D eigenvalue weighted by Crippen LogP contribution is 2.35. The van der Waals surface area contributed by atoms with Crippen molar-refractivity contribution < 1.29 is 19.1 Å². The van der Waals surface area contributed by atoms with E-state index in [4.69, 9.17) is 4.74 Å². The average molecular weight is 551 g/mol. The number of amides is 3. The summed E-state index contributed by atoms with van der Waals surface area (Å²) in [5.41, 5.74) is 3.86. The molecule has 0 aliphatic carbocycles. The molecular weight excluding hydrogens is 516 g/mol. The van der Waals surface area contributed by atoms with Crippen molar-refractivity contribution in [3.05, 3.63) is 108 Å². The molecule has 6 rings (SSSR count). The van der Waals surface area contributed by atoms with Crippen molar-refractivity contribution in [2.45, 2.75) is 63.1 Å². The molecule has 2 aliphatic rings. The van der Waals surface area contributed by atoms with E-state index < -0.39 is 12.1 Å². The summed E-state index contributed by atoms with van der Waals surface area (Å²) < 4.78 is 6.38. The van der Waals surface area contributed by atoms with Gasteiger partial charge in [0.2, 0.25) is 17.7 Å². The number of hydrogen-bond donors (Lipinski definition) is 3. The van der Waals surface area contributed by atoms with Crippen LogP contribution < -0.4 is 10.6 Å². The molecule has 41 heavy (non-hydrogen) atoms. The number of nitrogens with one attached hydrogen (secondary N) is 3. The molecule has 0 bridgehead atoms. The van der Waals surface area contributed by atoms with Crippen LogP contribution in [-0.2, 0) is 38.7 Å². The molecule has 4 atom stereocenters. The summed E-state index contributed by atoms with van der Waals surface area (Å²) in [5, 5.41) is 6.96. The van der Waals surface area contributed by atoms with Crippen molar-refractivity contribution >= 4 is 28.6 Å². The fourth-order valence-corrected chi connectivity index (χ4v) is 6.12. The Morgan fingerprint density at radius 2 is 1.61 bits per heavy atom. The third-order valence-corrected chi connectivity index (χ3v) is 8.16. The van der Waals surface area contributed by atoms with E-state index >= 15 is 0 Å².